The third kappa shape index (κ3) is 7.07. The molecule has 0 aliphatic carbocycles. The van der Waals surface area contributed by atoms with Crippen LogP contribution in [0.15, 0.2) is 53.5 Å². The van der Waals surface area contributed by atoms with E-state index in [1.165, 1.54) is 16.7 Å². The highest BCUT2D eigenvalue weighted by Gasteiger charge is 2.34. The van der Waals surface area contributed by atoms with Gasteiger partial charge in [-0.05, 0) is 38.0 Å². The quantitative estimate of drug-likeness (QED) is 0.308. The molecule has 180 valence electrons. The van der Waals surface area contributed by atoms with Crippen molar-refractivity contribution in [1.82, 2.24) is 15.5 Å². The van der Waals surface area contributed by atoms with Gasteiger partial charge in [-0.1, -0.05) is 42.5 Å². The van der Waals surface area contributed by atoms with Gasteiger partial charge >= 0.3 is 0 Å². The van der Waals surface area contributed by atoms with Crippen LogP contribution in [0.5, 0.6) is 5.75 Å². The highest BCUT2D eigenvalue weighted by Crippen LogP contribution is 2.39. The molecular formula is C26H37IN4O2. The van der Waals surface area contributed by atoms with Gasteiger partial charge < -0.3 is 20.1 Å². The standard InChI is InChI=1S/C26H36N4O2.HI/c1-4-27-25(29-23-17-26(2,3)32-24-12-8-7-11-22(23)24)28-18-20-9-5-6-10-21(20)19-30-13-15-31-16-14-30;/h5-12,23H,4,13-19H2,1-3H3,(H2,27,28,29);1H. The van der Waals surface area contributed by atoms with Crippen molar-refractivity contribution in [2.75, 3.05) is 32.8 Å². The van der Waals surface area contributed by atoms with Crippen molar-refractivity contribution >= 4 is 29.9 Å². The monoisotopic (exact) mass is 564 g/mol. The Morgan fingerprint density at radius 3 is 2.52 bits per heavy atom. The number of fused-ring (bicyclic) bond motifs is 1. The van der Waals surface area contributed by atoms with Gasteiger partial charge in [0, 0.05) is 38.2 Å². The minimum Gasteiger partial charge on any atom is -0.487 e. The highest BCUT2D eigenvalue weighted by molar-refractivity contribution is 14.0. The average Bonchev–Trinajstić information content (AvgIpc) is 2.78. The zero-order valence-corrected chi connectivity index (χ0v) is 22.3. The molecule has 6 nitrogen and oxygen atoms in total. The van der Waals surface area contributed by atoms with Crippen LogP contribution in [0.3, 0.4) is 0 Å². The first-order chi connectivity index (χ1) is 15.5. The molecule has 0 spiro atoms. The van der Waals surface area contributed by atoms with Crippen LogP contribution in [0.4, 0.5) is 0 Å². The topological polar surface area (TPSA) is 58.1 Å². The SMILES string of the molecule is CCNC(=NCc1ccccc1CN1CCOCC1)NC1CC(C)(C)Oc2ccccc21.I. The Kier molecular flexibility index (Phi) is 9.40. The molecule has 1 unspecified atom stereocenters. The van der Waals surface area contributed by atoms with Crippen molar-refractivity contribution in [2.45, 2.75) is 51.9 Å². The van der Waals surface area contributed by atoms with Crippen LogP contribution in [0.2, 0.25) is 0 Å². The van der Waals surface area contributed by atoms with Gasteiger partial charge in [-0.3, -0.25) is 4.90 Å². The molecule has 7 heteroatoms. The third-order valence-electron chi connectivity index (χ3n) is 6.06. The van der Waals surface area contributed by atoms with Gasteiger partial charge in [-0.2, -0.15) is 0 Å². The summed E-state index contributed by atoms with van der Waals surface area (Å²) < 4.78 is 11.7. The van der Waals surface area contributed by atoms with Crippen molar-refractivity contribution in [2.24, 2.45) is 4.99 Å². The summed E-state index contributed by atoms with van der Waals surface area (Å²) in [6.45, 7) is 12.4. The molecule has 2 aliphatic rings. The molecule has 2 heterocycles. The molecule has 0 saturated carbocycles. The summed E-state index contributed by atoms with van der Waals surface area (Å²) in [6, 6.07) is 17.1. The second-order valence-electron chi connectivity index (χ2n) is 9.15. The van der Waals surface area contributed by atoms with Gasteiger partial charge in [0.2, 0.25) is 0 Å². The fourth-order valence-corrected chi connectivity index (χ4v) is 4.45. The Balaban J connectivity index is 0.00000306. The first-order valence-corrected chi connectivity index (χ1v) is 11.7. The summed E-state index contributed by atoms with van der Waals surface area (Å²) in [5.41, 5.74) is 3.56. The second-order valence-corrected chi connectivity index (χ2v) is 9.15. The van der Waals surface area contributed by atoms with Gasteiger partial charge in [0.25, 0.3) is 0 Å². The Hall–Kier alpha value is -1.84. The molecular weight excluding hydrogens is 527 g/mol. The number of halogens is 1. The highest BCUT2D eigenvalue weighted by atomic mass is 127. The molecule has 1 saturated heterocycles. The zero-order chi connectivity index (χ0) is 22.4. The van der Waals surface area contributed by atoms with Gasteiger partial charge in [0.15, 0.2) is 5.96 Å². The molecule has 2 N–H and O–H groups in total. The lowest BCUT2D eigenvalue weighted by Crippen LogP contribution is -2.45. The van der Waals surface area contributed by atoms with E-state index < -0.39 is 0 Å². The maximum absolute atomic E-state index is 6.19. The van der Waals surface area contributed by atoms with Crippen molar-refractivity contribution < 1.29 is 9.47 Å². The summed E-state index contributed by atoms with van der Waals surface area (Å²) in [5.74, 6) is 1.79. The van der Waals surface area contributed by atoms with E-state index in [-0.39, 0.29) is 35.6 Å². The molecule has 2 aromatic rings. The Bertz CT molecular complexity index is 928. The normalized spacial score (nSPS) is 20.2. The molecule has 4 rings (SSSR count). The van der Waals surface area contributed by atoms with Gasteiger partial charge in [-0.15, -0.1) is 24.0 Å². The summed E-state index contributed by atoms with van der Waals surface area (Å²) in [5, 5.41) is 7.10. The molecule has 0 bridgehead atoms. The lowest BCUT2D eigenvalue weighted by atomic mass is 9.90. The maximum Gasteiger partial charge on any atom is 0.192 e. The van der Waals surface area contributed by atoms with E-state index in [1.807, 2.05) is 6.07 Å². The van der Waals surface area contributed by atoms with Gasteiger partial charge in [0.1, 0.15) is 11.4 Å². The van der Waals surface area contributed by atoms with Crippen LogP contribution in [0.1, 0.15) is 49.9 Å². The number of hydrogen-bond acceptors (Lipinski definition) is 4. The fraction of sp³-hybridized carbons (Fsp3) is 0.500. The van der Waals surface area contributed by atoms with Crippen molar-refractivity contribution in [3.05, 3.63) is 65.2 Å². The van der Waals surface area contributed by atoms with E-state index in [2.05, 4.69) is 78.8 Å². The van der Waals surface area contributed by atoms with Gasteiger partial charge in [0.05, 0.1) is 25.8 Å². The van der Waals surface area contributed by atoms with E-state index in [0.717, 1.165) is 57.5 Å². The lowest BCUT2D eigenvalue weighted by molar-refractivity contribution is 0.0341. The number of para-hydroxylation sites is 1. The summed E-state index contributed by atoms with van der Waals surface area (Å²) >= 11 is 0. The van der Waals surface area contributed by atoms with Crippen molar-refractivity contribution in [3.63, 3.8) is 0 Å². The second kappa shape index (κ2) is 12.0. The van der Waals surface area contributed by atoms with Gasteiger partial charge in [-0.25, -0.2) is 4.99 Å². The molecule has 1 atom stereocenters. The molecule has 2 aromatic carbocycles. The zero-order valence-electron chi connectivity index (χ0n) is 20.0. The van der Waals surface area contributed by atoms with Crippen molar-refractivity contribution in [1.29, 1.82) is 0 Å². The Morgan fingerprint density at radius 2 is 1.76 bits per heavy atom. The maximum atomic E-state index is 6.19. The molecule has 33 heavy (non-hydrogen) atoms. The van der Waals surface area contributed by atoms with E-state index in [4.69, 9.17) is 14.5 Å². The molecule has 2 aliphatic heterocycles. The smallest absolute Gasteiger partial charge is 0.192 e. The lowest BCUT2D eigenvalue weighted by Gasteiger charge is -2.38. The predicted octanol–water partition coefficient (Wildman–Crippen LogP) is 4.49. The number of guanidine groups is 1. The predicted molar refractivity (Wildman–Crippen MR) is 144 cm³/mol. The molecule has 0 amide bonds. The number of benzene rings is 2. The first kappa shape index (κ1) is 25.8. The van der Waals surface area contributed by atoms with Crippen molar-refractivity contribution in [3.8, 4) is 5.75 Å². The van der Waals surface area contributed by atoms with Crippen LogP contribution in [0, 0.1) is 0 Å². The molecule has 1 fully saturated rings. The summed E-state index contributed by atoms with van der Waals surface area (Å²) in [4.78, 5) is 7.42. The minimum absolute atomic E-state index is 0. The molecule has 0 radical (unpaired) electrons. The molecule has 0 aromatic heterocycles. The first-order valence-electron chi connectivity index (χ1n) is 11.7. The van der Waals surface area contributed by atoms with Crippen LogP contribution in [-0.4, -0.2) is 49.3 Å². The van der Waals surface area contributed by atoms with Crippen LogP contribution >= 0.6 is 24.0 Å². The van der Waals surface area contributed by atoms with E-state index in [0.29, 0.717) is 6.54 Å². The number of hydrogen-bond donors (Lipinski definition) is 2. The number of nitrogens with zero attached hydrogens (tertiary/aromatic N) is 2. The average molecular weight is 565 g/mol. The third-order valence-corrected chi connectivity index (χ3v) is 6.06. The number of rotatable bonds is 6. The number of aliphatic imine (C=N–C) groups is 1. The van der Waals surface area contributed by atoms with Crippen LogP contribution in [0.25, 0.3) is 0 Å². The largest absolute Gasteiger partial charge is 0.487 e. The summed E-state index contributed by atoms with van der Waals surface area (Å²) in [7, 11) is 0. The van der Waals surface area contributed by atoms with Crippen LogP contribution in [-0.2, 0) is 17.8 Å². The Morgan fingerprint density at radius 1 is 1.06 bits per heavy atom. The van der Waals surface area contributed by atoms with Crippen LogP contribution < -0.4 is 15.4 Å². The number of nitrogens with one attached hydrogen (secondary N) is 2. The van der Waals surface area contributed by atoms with E-state index in [1.54, 1.807) is 0 Å². The number of morpholine rings is 1. The Labute approximate surface area is 215 Å². The minimum atomic E-state index is -0.228. The fourth-order valence-electron chi connectivity index (χ4n) is 4.45. The summed E-state index contributed by atoms with van der Waals surface area (Å²) in [6.07, 6.45) is 0.877. The number of ether oxygens (including phenoxy) is 2. The van der Waals surface area contributed by atoms with E-state index >= 15 is 0 Å². The van der Waals surface area contributed by atoms with E-state index in [9.17, 15) is 0 Å².